The fourth-order valence-electron chi connectivity index (χ4n) is 2.22. The van der Waals surface area contributed by atoms with E-state index in [1.54, 1.807) is 31.2 Å². The fourth-order valence-corrected chi connectivity index (χ4v) is 2.22. The fraction of sp³-hybridized carbons (Fsp3) is 0.0667. The Balaban J connectivity index is 1.59. The molecule has 1 amide bonds. The van der Waals surface area contributed by atoms with Crippen molar-refractivity contribution in [1.82, 2.24) is 30.5 Å². The summed E-state index contributed by atoms with van der Waals surface area (Å²) < 4.78 is 4.97. The molecular formula is C15H11N7O2. The van der Waals surface area contributed by atoms with Crippen molar-refractivity contribution in [3.63, 3.8) is 0 Å². The van der Waals surface area contributed by atoms with Gasteiger partial charge in [-0.25, -0.2) is 4.98 Å². The van der Waals surface area contributed by atoms with Crippen LogP contribution in [0.2, 0.25) is 0 Å². The molecule has 3 heterocycles. The lowest BCUT2D eigenvalue weighted by Gasteiger charge is -2.06. The van der Waals surface area contributed by atoms with Gasteiger partial charge in [-0.3, -0.25) is 4.79 Å². The van der Waals surface area contributed by atoms with Crippen LogP contribution in [0.4, 0.5) is 5.69 Å². The minimum atomic E-state index is -0.297. The van der Waals surface area contributed by atoms with E-state index in [0.717, 1.165) is 5.56 Å². The Bertz CT molecular complexity index is 1040. The van der Waals surface area contributed by atoms with Crippen molar-refractivity contribution in [3.05, 3.63) is 48.0 Å². The number of fused-ring (bicyclic) bond motifs is 1. The standard InChI is InChI=1S/C15H11N7O2/c1-8-17-13(21-24-8)9-3-2-4-11(5-9)18-15(23)10-6-12-14(16-7-10)20-22-19-12/h2-7H,1H3,(H,18,23)(H,16,19,20,22). The number of carbonyl (C=O) groups is 1. The number of aryl methyl sites for hydroxylation is 1. The van der Waals surface area contributed by atoms with Gasteiger partial charge in [-0.15, -0.1) is 5.10 Å². The molecule has 9 heteroatoms. The summed E-state index contributed by atoms with van der Waals surface area (Å²) in [6.07, 6.45) is 1.45. The zero-order chi connectivity index (χ0) is 16.5. The summed E-state index contributed by atoms with van der Waals surface area (Å²) in [5, 5.41) is 16.9. The summed E-state index contributed by atoms with van der Waals surface area (Å²) in [6.45, 7) is 1.72. The van der Waals surface area contributed by atoms with Crippen molar-refractivity contribution >= 4 is 22.8 Å². The Labute approximate surface area is 135 Å². The topological polar surface area (TPSA) is 122 Å². The molecule has 0 aliphatic rings. The Morgan fingerprint density at radius 2 is 2.17 bits per heavy atom. The van der Waals surface area contributed by atoms with Gasteiger partial charge in [-0.1, -0.05) is 17.3 Å². The van der Waals surface area contributed by atoms with Gasteiger partial charge in [-0.05, 0) is 18.2 Å². The maximum Gasteiger partial charge on any atom is 0.257 e. The first-order chi connectivity index (χ1) is 11.7. The Morgan fingerprint density at radius 3 is 3.00 bits per heavy atom. The van der Waals surface area contributed by atoms with E-state index in [1.807, 2.05) is 6.07 Å². The van der Waals surface area contributed by atoms with E-state index in [4.69, 9.17) is 4.52 Å². The van der Waals surface area contributed by atoms with Gasteiger partial charge < -0.3 is 9.84 Å². The number of amides is 1. The third-order valence-electron chi connectivity index (χ3n) is 3.34. The van der Waals surface area contributed by atoms with Gasteiger partial charge in [0.1, 0.15) is 5.52 Å². The monoisotopic (exact) mass is 321 g/mol. The molecule has 2 N–H and O–H groups in total. The van der Waals surface area contributed by atoms with Crippen LogP contribution >= 0.6 is 0 Å². The summed E-state index contributed by atoms with van der Waals surface area (Å²) in [4.78, 5) is 20.6. The second kappa shape index (κ2) is 5.54. The van der Waals surface area contributed by atoms with Crippen molar-refractivity contribution in [1.29, 1.82) is 0 Å². The van der Waals surface area contributed by atoms with Crippen LogP contribution in [-0.2, 0) is 0 Å². The second-order valence-corrected chi connectivity index (χ2v) is 5.06. The van der Waals surface area contributed by atoms with Crippen LogP contribution in [0.1, 0.15) is 16.2 Å². The van der Waals surface area contributed by atoms with Crippen LogP contribution in [0.15, 0.2) is 41.1 Å². The summed E-state index contributed by atoms with van der Waals surface area (Å²) in [5.41, 5.74) is 2.73. The number of nitrogens with zero attached hydrogens (tertiary/aromatic N) is 5. The highest BCUT2D eigenvalue weighted by Gasteiger charge is 2.11. The molecule has 0 fully saturated rings. The maximum atomic E-state index is 12.4. The molecule has 0 aliphatic heterocycles. The molecule has 0 atom stereocenters. The summed E-state index contributed by atoms with van der Waals surface area (Å²) >= 11 is 0. The van der Waals surface area contributed by atoms with E-state index >= 15 is 0 Å². The number of aromatic amines is 1. The number of H-pyrrole nitrogens is 1. The van der Waals surface area contributed by atoms with Crippen molar-refractivity contribution < 1.29 is 9.32 Å². The minimum Gasteiger partial charge on any atom is -0.339 e. The molecule has 0 radical (unpaired) electrons. The molecule has 0 unspecified atom stereocenters. The van der Waals surface area contributed by atoms with E-state index in [0.29, 0.717) is 34.1 Å². The Hall–Kier alpha value is -3.62. The molecular weight excluding hydrogens is 310 g/mol. The average Bonchev–Trinajstić information content (AvgIpc) is 3.23. The van der Waals surface area contributed by atoms with E-state index in [2.05, 4.69) is 35.9 Å². The smallest absolute Gasteiger partial charge is 0.257 e. The molecule has 118 valence electrons. The number of nitrogens with one attached hydrogen (secondary N) is 2. The Morgan fingerprint density at radius 1 is 1.25 bits per heavy atom. The van der Waals surface area contributed by atoms with Crippen molar-refractivity contribution in [2.75, 3.05) is 5.32 Å². The molecule has 4 aromatic rings. The SMILES string of the molecule is Cc1nc(-c2cccc(NC(=O)c3cnc4n[nH]nc4c3)c2)no1. The molecule has 1 aromatic carbocycles. The molecule has 9 nitrogen and oxygen atoms in total. The van der Waals surface area contributed by atoms with Gasteiger partial charge in [0, 0.05) is 24.4 Å². The van der Waals surface area contributed by atoms with Crippen molar-refractivity contribution in [3.8, 4) is 11.4 Å². The third kappa shape index (κ3) is 2.58. The zero-order valence-corrected chi connectivity index (χ0v) is 12.5. The quantitative estimate of drug-likeness (QED) is 0.591. The second-order valence-electron chi connectivity index (χ2n) is 5.06. The lowest BCUT2D eigenvalue weighted by atomic mass is 10.2. The molecule has 0 saturated carbocycles. The van der Waals surface area contributed by atoms with Gasteiger partial charge in [0.05, 0.1) is 5.56 Å². The summed E-state index contributed by atoms with van der Waals surface area (Å²) in [6, 6.07) is 8.80. The zero-order valence-electron chi connectivity index (χ0n) is 12.5. The molecule has 3 aromatic heterocycles. The van der Waals surface area contributed by atoms with Crippen LogP contribution < -0.4 is 5.32 Å². The van der Waals surface area contributed by atoms with Gasteiger partial charge in [-0.2, -0.15) is 15.3 Å². The number of anilines is 1. The number of hydrogen-bond donors (Lipinski definition) is 2. The van der Waals surface area contributed by atoms with E-state index in [9.17, 15) is 4.79 Å². The number of rotatable bonds is 3. The van der Waals surface area contributed by atoms with Crippen molar-refractivity contribution in [2.24, 2.45) is 0 Å². The van der Waals surface area contributed by atoms with Crippen LogP contribution in [0.5, 0.6) is 0 Å². The molecule has 0 bridgehead atoms. The van der Waals surface area contributed by atoms with Crippen LogP contribution in [0.25, 0.3) is 22.6 Å². The molecule has 4 rings (SSSR count). The summed E-state index contributed by atoms with van der Waals surface area (Å²) in [7, 11) is 0. The number of pyridine rings is 1. The Kier molecular flexibility index (Phi) is 3.23. The van der Waals surface area contributed by atoms with Gasteiger partial charge in [0.2, 0.25) is 17.4 Å². The van der Waals surface area contributed by atoms with Crippen LogP contribution in [-0.4, -0.2) is 36.4 Å². The number of benzene rings is 1. The molecule has 0 saturated heterocycles. The van der Waals surface area contributed by atoms with Gasteiger partial charge in [0.15, 0.2) is 0 Å². The number of hydrogen-bond acceptors (Lipinski definition) is 7. The van der Waals surface area contributed by atoms with Crippen molar-refractivity contribution in [2.45, 2.75) is 6.92 Å². The molecule has 0 spiro atoms. The van der Waals surface area contributed by atoms with Crippen LogP contribution in [0, 0.1) is 6.92 Å². The highest BCUT2D eigenvalue weighted by molar-refractivity contribution is 6.05. The first kappa shape index (κ1) is 14.0. The van der Waals surface area contributed by atoms with E-state index in [1.165, 1.54) is 6.20 Å². The molecule has 0 aliphatic carbocycles. The van der Waals surface area contributed by atoms with Crippen LogP contribution in [0.3, 0.4) is 0 Å². The predicted octanol–water partition coefficient (Wildman–Crippen LogP) is 1.96. The summed E-state index contributed by atoms with van der Waals surface area (Å²) in [5.74, 6) is 0.648. The van der Waals surface area contributed by atoms with E-state index in [-0.39, 0.29) is 5.91 Å². The predicted molar refractivity (Wildman–Crippen MR) is 84.1 cm³/mol. The third-order valence-corrected chi connectivity index (χ3v) is 3.34. The first-order valence-electron chi connectivity index (χ1n) is 7.08. The molecule has 24 heavy (non-hydrogen) atoms. The number of carbonyl (C=O) groups excluding carboxylic acids is 1. The first-order valence-corrected chi connectivity index (χ1v) is 7.08. The lowest BCUT2D eigenvalue weighted by molar-refractivity contribution is 0.102. The highest BCUT2D eigenvalue weighted by Crippen LogP contribution is 2.20. The minimum absolute atomic E-state index is 0.297. The van der Waals surface area contributed by atoms with E-state index < -0.39 is 0 Å². The average molecular weight is 321 g/mol. The number of aromatic nitrogens is 6. The largest absolute Gasteiger partial charge is 0.339 e. The normalized spacial score (nSPS) is 10.9. The lowest BCUT2D eigenvalue weighted by Crippen LogP contribution is -2.12. The maximum absolute atomic E-state index is 12.4. The highest BCUT2D eigenvalue weighted by atomic mass is 16.5. The van der Waals surface area contributed by atoms with Gasteiger partial charge >= 0.3 is 0 Å². The van der Waals surface area contributed by atoms with Gasteiger partial charge in [0.25, 0.3) is 5.91 Å².